The number of ether oxygens (including phenoxy) is 1. The van der Waals surface area contributed by atoms with Crippen LogP contribution in [0.5, 0.6) is 5.75 Å². The first-order valence-electron chi connectivity index (χ1n) is 5.54. The Morgan fingerprint density at radius 2 is 2.25 bits per heavy atom. The van der Waals surface area contributed by atoms with Gasteiger partial charge in [0.1, 0.15) is 18.9 Å². The smallest absolute Gasteiger partial charge is 0.138 e. The molecule has 0 saturated heterocycles. The Balaban J connectivity index is 2.32. The summed E-state index contributed by atoms with van der Waals surface area (Å²) in [6, 6.07) is 6.31. The lowest BCUT2D eigenvalue weighted by molar-refractivity contribution is -0.686. The van der Waals surface area contributed by atoms with Crippen LogP contribution in [0.3, 0.4) is 0 Å². The Labute approximate surface area is 110 Å². The Morgan fingerprint density at radius 3 is 2.88 bits per heavy atom. The minimum absolute atomic E-state index is 0.651. The van der Waals surface area contributed by atoms with E-state index >= 15 is 0 Å². The average Bonchev–Trinajstić information content (AvgIpc) is 2.26. The molecule has 1 aromatic carbocycles. The molecule has 1 aromatic rings. The van der Waals surface area contributed by atoms with Gasteiger partial charge in [-0.2, -0.15) is 0 Å². The Hall–Kier alpha value is -0.250. The molecular formula is C12H18BrClNO+. The quantitative estimate of drug-likeness (QED) is 0.804. The van der Waals surface area contributed by atoms with Crippen molar-refractivity contribution in [1.29, 1.82) is 0 Å². The second kappa shape index (κ2) is 7.15. The third kappa shape index (κ3) is 4.73. The molecule has 0 unspecified atom stereocenters. The molecule has 4 heteroatoms. The predicted molar refractivity (Wildman–Crippen MR) is 71.2 cm³/mol. The average molecular weight is 308 g/mol. The van der Waals surface area contributed by atoms with Gasteiger partial charge in [-0.1, -0.05) is 34.5 Å². The molecule has 0 aliphatic rings. The number of benzene rings is 1. The maximum absolute atomic E-state index is 6.03. The highest BCUT2D eigenvalue weighted by Crippen LogP contribution is 2.27. The number of hydrogen-bond donors (Lipinski definition) is 1. The van der Waals surface area contributed by atoms with Crippen LogP contribution in [0.4, 0.5) is 0 Å². The molecule has 0 aromatic heterocycles. The summed E-state index contributed by atoms with van der Waals surface area (Å²) < 4.78 is 6.57. The van der Waals surface area contributed by atoms with Crippen molar-refractivity contribution >= 4 is 27.5 Å². The van der Waals surface area contributed by atoms with Crippen molar-refractivity contribution in [3.8, 4) is 5.75 Å². The van der Waals surface area contributed by atoms with E-state index in [1.165, 1.54) is 6.42 Å². The van der Waals surface area contributed by atoms with Gasteiger partial charge in [0.2, 0.25) is 0 Å². The lowest BCUT2D eigenvalue weighted by atomic mass is 10.3. The number of hydrogen-bond acceptors (Lipinski definition) is 1. The zero-order valence-corrected chi connectivity index (χ0v) is 12.0. The van der Waals surface area contributed by atoms with Crippen LogP contribution in [0.2, 0.25) is 5.02 Å². The molecule has 90 valence electrons. The predicted octanol–water partition coefficient (Wildman–Crippen LogP) is 2.84. The number of halogens is 2. The molecule has 0 saturated carbocycles. The highest BCUT2D eigenvalue weighted by atomic mass is 79.9. The summed E-state index contributed by atoms with van der Waals surface area (Å²) in [6.45, 7) is 6.05. The van der Waals surface area contributed by atoms with Crippen molar-refractivity contribution in [3.63, 3.8) is 0 Å². The van der Waals surface area contributed by atoms with Gasteiger partial charge in [0.15, 0.2) is 0 Å². The fraction of sp³-hybridized carbons (Fsp3) is 0.500. The molecule has 0 aliphatic heterocycles. The zero-order valence-electron chi connectivity index (χ0n) is 9.67. The molecule has 0 fully saturated rings. The summed E-state index contributed by atoms with van der Waals surface area (Å²) in [7, 11) is 0. The maximum atomic E-state index is 6.03. The van der Waals surface area contributed by atoms with Gasteiger partial charge < -0.3 is 10.1 Å². The van der Waals surface area contributed by atoms with Gasteiger partial charge in [0, 0.05) is 4.47 Å². The van der Waals surface area contributed by atoms with E-state index in [0.29, 0.717) is 17.7 Å². The van der Waals surface area contributed by atoms with Crippen LogP contribution in [-0.2, 0) is 0 Å². The van der Waals surface area contributed by atoms with E-state index in [-0.39, 0.29) is 0 Å². The molecule has 1 rings (SSSR count). The van der Waals surface area contributed by atoms with Crippen molar-refractivity contribution in [3.05, 3.63) is 27.7 Å². The van der Waals surface area contributed by atoms with Gasteiger partial charge in [-0.3, -0.25) is 0 Å². The Morgan fingerprint density at radius 1 is 1.50 bits per heavy atom. The maximum Gasteiger partial charge on any atom is 0.138 e. The number of rotatable bonds is 6. The fourth-order valence-electron chi connectivity index (χ4n) is 1.28. The van der Waals surface area contributed by atoms with Crippen molar-refractivity contribution in [2.75, 3.05) is 13.2 Å². The molecule has 0 aliphatic carbocycles. The monoisotopic (exact) mass is 306 g/mol. The zero-order chi connectivity index (χ0) is 12.0. The van der Waals surface area contributed by atoms with Crippen LogP contribution in [0.15, 0.2) is 22.7 Å². The minimum atomic E-state index is 0.651. The van der Waals surface area contributed by atoms with Crippen molar-refractivity contribution in [2.45, 2.75) is 26.3 Å². The van der Waals surface area contributed by atoms with Crippen molar-refractivity contribution < 1.29 is 10.1 Å². The highest BCUT2D eigenvalue weighted by Gasteiger charge is 2.04. The van der Waals surface area contributed by atoms with Gasteiger partial charge in [-0.05, 0) is 31.5 Å². The lowest BCUT2D eigenvalue weighted by Gasteiger charge is -2.10. The SMILES string of the molecule is CC[C@@H](C)[NH2+]CCOc1ccc(Br)cc1Cl. The Bertz CT molecular complexity index is 333. The molecule has 16 heavy (non-hydrogen) atoms. The van der Waals surface area contributed by atoms with Crippen molar-refractivity contribution in [1.82, 2.24) is 0 Å². The fourth-order valence-corrected chi connectivity index (χ4v) is 2.01. The van der Waals surface area contributed by atoms with E-state index in [4.69, 9.17) is 16.3 Å². The third-order valence-corrected chi connectivity index (χ3v) is 3.27. The topological polar surface area (TPSA) is 25.8 Å². The summed E-state index contributed by atoms with van der Waals surface area (Å²) in [6.07, 6.45) is 1.18. The van der Waals surface area contributed by atoms with Crippen LogP contribution in [0, 0.1) is 0 Å². The highest BCUT2D eigenvalue weighted by molar-refractivity contribution is 9.10. The normalized spacial score (nSPS) is 12.5. The molecule has 0 spiro atoms. The molecular weight excluding hydrogens is 289 g/mol. The van der Waals surface area contributed by atoms with E-state index in [1.54, 1.807) is 0 Å². The summed E-state index contributed by atoms with van der Waals surface area (Å²) in [5.41, 5.74) is 0. The standard InChI is InChI=1S/C12H17BrClNO/c1-3-9(2)15-6-7-16-12-5-4-10(13)8-11(12)14/h4-5,8-9,15H,3,6-7H2,1-2H3/p+1/t9-/m1/s1. The summed E-state index contributed by atoms with van der Waals surface area (Å²) in [5.74, 6) is 0.752. The van der Waals surface area contributed by atoms with E-state index in [2.05, 4.69) is 35.1 Å². The van der Waals surface area contributed by atoms with E-state index in [0.717, 1.165) is 16.8 Å². The molecule has 0 amide bonds. The molecule has 0 heterocycles. The molecule has 1 atom stereocenters. The summed E-state index contributed by atoms with van der Waals surface area (Å²) in [5, 5.41) is 2.94. The second-order valence-corrected chi connectivity index (χ2v) is 5.16. The molecule has 0 bridgehead atoms. The largest absolute Gasteiger partial charge is 0.486 e. The van der Waals surface area contributed by atoms with Crippen molar-refractivity contribution in [2.24, 2.45) is 0 Å². The van der Waals surface area contributed by atoms with Crippen LogP contribution in [0.1, 0.15) is 20.3 Å². The van der Waals surface area contributed by atoms with Gasteiger partial charge >= 0.3 is 0 Å². The van der Waals surface area contributed by atoms with Gasteiger partial charge in [-0.25, -0.2) is 0 Å². The van der Waals surface area contributed by atoms with E-state index in [9.17, 15) is 0 Å². The first kappa shape index (κ1) is 13.8. The van der Waals surface area contributed by atoms with Gasteiger partial charge in [-0.15, -0.1) is 0 Å². The second-order valence-electron chi connectivity index (χ2n) is 3.83. The number of nitrogens with two attached hydrogens (primary N) is 1. The first-order chi connectivity index (χ1) is 7.63. The molecule has 0 radical (unpaired) electrons. The summed E-state index contributed by atoms with van der Waals surface area (Å²) >= 11 is 9.39. The molecule has 2 nitrogen and oxygen atoms in total. The number of quaternary nitrogens is 1. The lowest BCUT2D eigenvalue weighted by Crippen LogP contribution is -2.90. The summed E-state index contributed by atoms with van der Waals surface area (Å²) in [4.78, 5) is 0. The van der Waals surface area contributed by atoms with Crippen LogP contribution < -0.4 is 10.1 Å². The van der Waals surface area contributed by atoms with Gasteiger partial charge in [0.25, 0.3) is 0 Å². The Kier molecular flexibility index (Phi) is 6.17. The van der Waals surface area contributed by atoms with Gasteiger partial charge in [0.05, 0.1) is 11.1 Å². The third-order valence-electron chi connectivity index (χ3n) is 2.48. The van der Waals surface area contributed by atoms with Crippen LogP contribution in [-0.4, -0.2) is 19.2 Å². The minimum Gasteiger partial charge on any atom is -0.486 e. The van der Waals surface area contributed by atoms with E-state index < -0.39 is 0 Å². The van der Waals surface area contributed by atoms with Crippen LogP contribution >= 0.6 is 27.5 Å². The van der Waals surface area contributed by atoms with Crippen LogP contribution in [0.25, 0.3) is 0 Å². The molecule has 2 N–H and O–H groups in total. The van der Waals surface area contributed by atoms with E-state index in [1.807, 2.05) is 18.2 Å². The first-order valence-corrected chi connectivity index (χ1v) is 6.71.